The second-order valence-corrected chi connectivity index (χ2v) is 7.04. The molecule has 1 rings (SSSR count). The SMILES string of the molecule is CCCNC(CC(C)CCC)C(C)(CC)N1CCCC1. The van der Waals surface area contributed by atoms with E-state index in [2.05, 4.69) is 44.8 Å². The third kappa shape index (κ3) is 4.73. The van der Waals surface area contributed by atoms with Crippen LogP contribution in [0.5, 0.6) is 0 Å². The third-order valence-electron chi connectivity index (χ3n) is 5.36. The molecule has 2 heteroatoms. The van der Waals surface area contributed by atoms with E-state index in [1.807, 2.05) is 0 Å². The zero-order valence-electron chi connectivity index (χ0n) is 14.7. The number of likely N-dealkylation sites (tertiary alicyclic amines) is 1. The molecule has 0 spiro atoms. The molecule has 120 valence electrons. The van der Waals surface area contributed by atoms with Gasteiger partial charge in [-0.15, -0.1) is 0 Å². The molecular formula is C18H38N2. The predicted octanol–water partition coefficient (Wildman–Crippen LogP) is 4.45. The Labute approximate surface area is 127 Å². The Hall–Kier alpha value is -0.0800. The molecule has 3 unspecified atom stereocenters. The van der Waals surface area contributed by atoms with Gasteiger partial charge in [0.05, 0.1) is 0 Å². The zero-order chi connectivity index (χ0) is 15.0. The number of rotatable bonds is 10. The Balaban J connectivity index is 2.75. The van der Waals surface area contributed by atoms with Crippen molar-refractivity contribution < 1.29 is 0 Å². The minimum atomic E-state index is 0.341. The lowest BCUT2D eigenvalue weighted by Gasteiger charge is -2.46. The van der Waals surface area contributed by atoms with E-state index in [1.54, 1.807) is 0 Å². The monoisotopic (exact) mass is 282 g/mol. The molecule has 0 radical (unpaired) electrons. The van der Waals surface area contributed by atoms with E-state index in [9.17, 15) is 0 Å². The lowest BCUT2D eigenvalue weighted by Crippen LogP contribution is -2.59. The van der Waals surface area contributed by atoms with E-state index in [4.69, 9.17) is 0 Å². The van der Waals surface area contributed by atoms with Gasteiger partial charge in [0.1, 0.15) is 0 Å². The first kappa shape index (κ1) is 18.0. The van der Waals surface area contributed by atoms with Crippen molar-refractivity contribution in [1.29, 1.82) is 0 Å². The zero-order valence-corrected chi connectivity index (χ0v) is 14.7. The maximum Gasteiger partial charge on any atom is 0.0331 e. The number of hydrogen-bond donors (Lipinski definition) is 1. The molecule has 0 saturated carbocycles. The van der Waals surface area contributed by atoms with Crippen LogP contribution < -0.4 is 5.32 Å². The van der Waals surface area contributed by atoms with Gasteiger partial charge >= 0.3 is 0 Å². The average Bonchev–Trinajstić information content (AvgIpc) is 2.97. The van der Waals surface area contributed by atoms with Gasteiger partial charge in [-0.2, -0.15) is 0 Å². The predicted molar refractivity (Wildman–Crippen MR) is 90.3 cm³/mol. The van der Waals surface area contributed by atoms with E-state index >= 15 is 0 Å². The number of nitrogens with one attached hydrogen (secondary N) is 1. The molecule has 1 N–H and O–H groups in total. The molecule has 0 aromatic carbocycles. The largest absolute Gasteiger partial charge is 0.312 e. The maximum atomic E-state index is 3.89. The quantitative estimate of drug-likeness (QED) is 0.637. The van der Waals surface area contributed by atoms with Crippen LogP contribution in [0.3, 0.4) is 0 Å². The fourth-order valence-corrected chi connectivity index (χ4v) is 3.81. The van der Waals surface area contributed by atoms with Crippen LogP contribution in [0.1, 0.15) is 79.6 Å². The molecule has 1 fully saturated rings. The van der Waals surface area contributed by atoms with Gasteiger partial charge in [0.15, 0.2) is 0 Å². The molecular weight excluding hydrogens is 244 g/mol. The number of hydrogen-bond acceptors (Lipinski definition) is 2. The summed E-state index contributed by atoms with van der Waals surface area (Å²) in [6.07, 6.45) is 9.28. The van der Waals surface area contributed by atoms with E-state index in [0.29, 0.717) is 11.6 Å². The van der Waals surface area contributed by atoms with Crippen molar-refractivity contribution in [2.75, 3.05) is 19.6 Å². The minimum Gasteiger partial charge on any atom is -0.312 e. The molecule has 0 aromatic heterocycles. The Bertz CT molecular complexity index is 248. The van der Waals surface area contributed by atoms with Crippen LogP contribution in [-0.4, -0.2) is 36.1 Å². The first-order valence-electron chi connectivity index (χ1n) is 9.06. The second-order valence-electron chi connectivity index (χ2n) is 7.04. The molecule has 0 amide bonds. The summed E-state index contributed by atoms with van der Waals surface area (Å²) in [7, 11) is 0. The summed E-state index contributed by atoms with van der Waals surface area (Å²) >= 11 is 0. The van der Waals surface area contributed by atoms with E-state index in [-0.39, 0.29) is 0 Å². The summed E-state index contributed by atoms with van der Waals surface area (Å²) < 4.78 is 0. The normalized spacial score (nSPS) is 22.6. The summed E-state index contributed by atoms with van der Waals surface area (Å²) in [4.78, 5) is 2.76. The van der Waals surface area contributed by atoms with Gasteiger partial charge in [-0.05, 0) is 64.6 Å². The van der Waals surface area contributed by atoms with Gasteiger partial charge < -0.3 is 5.32 Å². The van der Waals surface area contributed by atoms with Gasteiger partial charge in [0.2, 0.25) is 0 Å². The molecule has 1 heterocycles. The second kappa shape index (κ2) is 9.04. The highest BCUT2D eigenvalue weighted by Gasteiger charge is 2.39. The summed E-state index contributed by atoms with van der Waals surface area (Å²) in [5.74, 6) is 0.836. The molecule has 20 heavy (non-hydrogen) atoms. The van der Waals surface area contributed by atoms with Crippen LogP contribution in [0.15, 0.2) is 0 Å². The van der Waals surface area contributed by atoms with Gasteiger partial charge in [0, 0.05) is 11.6 Å². The fourth-order valence-electron chi connectivity index (χ4n) is 3.81. The molecule has 1 saturated heterocycles. The minimum absolute atomic E-state index is 0.341. The Kier molecular flexibility index (Phi) is 8.13. The van der Waals surface area contributed by atoms with Gasteiger partial charge in [-0.3, -0.25) is 4.90 Å². The first-order chi connectivity index (χ1) is 9.58. The van der Waals surface area contributed by atoms with Gasteiger partial charge in [-0.1, -0.05) is 40.5 Å². The van der Waals surface area contributed by atoms with E-state index < -0.39 is 0 Å². The molecule has 0 aliphatic carbocycles. The van der Waals surface area contributed by atoms with Gasteiger partial charge in [-0.25, -0.2) is 0 Å². The fraction of sp³-hybridized carbons (Fsp3) is 1.00. The molecule has 0 bridgehead atoms. The van der Waals surface area contributed by atoms with Crippen molar-refractivity contribution in [1.82, 2.24) is 10.2 Å². The van der Waals surface area contributed by atoms with E-state index in [0.717, 1.165) is 12.5 Å². The lowest BCUT2D eigenvalue weighted by atomic mass is 9.81. The van der Waals surface area contributed by atoms with E-state index in [1.165, 1.54) is 58.0 Å². The van der Waals surface area contributed by atoms with Crippen LogP contribution in [-0.2, 0) is 0 Å². The molecule has 1 aliphatic rings. The Morgan fingerprint density at radius 2 is 1.75 bits per heavy atom. The van der Waals surface area contributed by atoms with Crippen LogP contribution in [0, 0.1) is 5.92 Å². The van der Waals surface area contributed by atoms with Crippen LogP contribution in [0.25, 0.3) is 0 Å². The van der Waals surface area contributed by atoms with Crippen LogP contribution in [0.4, 0.5) is 0 Å². The van der Waals surface area contributed by atoms with Crippen molar-refractivity contribution in [3.05, 3.63) is 0 Å². The Morgan fingerprint density at radius 1 is 1.10 bits per heavy atom. The highest BCUT2D eigenvalue weighted by atomic mass is 15.2. The number of nitrogens with zero attached hydrogens (tertiary/aromatic N) is 1. The third-order valence-corrected chi connectivity index (χ3v) is 5.36. The Morgan fingerprint density at radius 3 is 2.25 bits per heavy atom. The lowest BCUT2D eigenvalue weighted by molar-refractivity contribution is 0.0730. The highest BCUT2D eigenvalue weighted by molar-refractivity contribution is 4.98. The molecule has 2 nitrogen and oxygen atoms in total. The van der Waals surface area contributed by atoms with Crippen molar-refractivity contribution in [2.45, 2.75) is 91.1 Å². The van der Waals surface area contributed by atoms with Crippen molar-refractivity contribution in [2.24, 2.45) is 5.92 Å². The summed E-state index contributed by atoms with van der Waals surface area (Å²) in [6, 6.07) is 0.645. The summed E-state index contributed by atoms with van der Waals surface area (Å²) in [5.41, 5.74) is 0.341. The summed E-state index contributed by atoms with van der Waals surface area (Å²) in [6.45, 7) is 15.7. The average molecular weight is 283 g/mol. The van der Waals surface area contributed by atoms with Gasteiger partial charge in [0.25, 0.3) is 0 Å². The van der Waals surface area contributed by atoms with Crippen molar-refractivity contribution in [3.8, 4) is 0 Å². The first-order valence-corrected chi connectivity index (χ1v) is 9.06. The van der Waals surface area contributed by atoms with Crippen molar-refractivity contribution >= 4 is 0 Å². The molecule has 3 atom stereocenters. The summed E-state index contributed by atoms with van der Waals surface area (Å²) in [5, 5.41) is 3.89. The van der Waals surface area contributed by atoms with Crippen LogP contribution >= 0.6 is 0 Å². The van der Waals surface area contributed by atoms with Crippen LogP contribution in [0.2, 0.25) is 0 Å². The molecule has 1 aliphatic heterocycles. The topological polar surface area (TPSA) is 15.3 Å². The smallest absolute Gasteiger partial charge is 0.0331 e. The maximum absolute atomic E-state index is 3.89. The standard InChI is InChI=1S/C18H38N2/c1-6-11-16(4)15-17(19-12-7-2)18(5,8-3)20-13-9-10-14-20/h16-17,19H,6-15H2,1-5H3. The van der Waals surface area contributed by atoms with Crippen molar-refractivity contribution in [3.63, 3.8) is 0 Å². The highest BCUT2D eigenvalue weighted by Crippen LogP contribution is 2.31. The molecule has 0 aromatic rings.